The van der Waals surface area contributed by atoms with Gasteiger partial charge < -0.3 is 4.90 Å². The second-order valence-electron chi connectivity index (χ2n) is 7.14. The lowest BCUT2D eigenvalue weighted by atomic mass is 9.89. The Kier molecular flexibility index (Phi) is 4.47. The molecular weight excluding hydrogens is 391 g/mol. The van der Waals surface area contributed by atoms with Crippen molar-refractivity contribution in [2.75, 3.05) is 24.4 Å². The zero-order valence-corrected chi connectivity index (χ0v) is 16.9. The quantitative estimate of drug-likeness (QED) is 0.740. The summed E-state index contributed by atoms with van der Waals surface area (Å²) in [6, 6.07) is 10.7. The van der Waals surface area contributed by atoms with Crippen LogP contribution in [0.1, 0.15) is 23.5 Å². The van der Waals surface area contributed by atoms with Gasteiger partial charge in [-0.15, -0.1) is 0 Å². The van der Waals surface area contributed by atoms with Crippen molar-refractivity contribution in [1.29, 1.82) is 0 Å². The Morgan fingerprint density at radius 1 is 1.12 bits per heavy atom. The van der Waals surface area contributed by atoms with Crippen LogP contribution in [0, 0.1) is 6.92 Å². The minimum absolute atomic E-state index is 0.00515. The van der Waals surface area contributed by atoms with Crippen molar-refractivity contribution < 1.29 is 8.42 Å². The van der Waals surface area contributed by atoms with Gasteiger partial charge in [-0.3, -0.25) is 4.31 Å². The Hall–Kier alpha value is -1.27. The number of anilines is 1. The molecule has 4 rings (SSSR count). The van der Waals surface area contributed by atoms with Gasteiger partial charge in [0.1, 0.15) is 4.90 Å². The highest BCUT2D eigenvalue weighted by Crippen LogP contribution is 2.48. The molecule has 2 heterocycles. The molecular formula is C19H20Cl2N2O2S. The average molecular weight is 411 g/mol. The minimum atomic E-state index is -3.86. The van der Waals surface area contributed by atoms with Crippen LogP contribution in [-0.4, -0.2) is 39.5 Å². The topological polar surface area (TPSA) is 40.6 Å². The van der Waals surface area contributed by atoms with E-state index in [1.54, 1.807) is 22.5 Å². The first kappa shape index (κ1) is 18.1. The summed E-state index contributed by atoms with van der Waals surface area (Å²) in [5, 5.41) is 0.310. The largest absolute Gasteiger partial charge is 0.306 e. The predicted octanol–water partition coefficient (Wildman–Crippen LogP) is 4.30. The monoisotopic (exact) mass is 410 g/mol. The summed E-state index contributed by atoms with van der Waals surface area (Å²) in [7, 11) is -1.79. The number of nitrogens with zero attached hydrogens (tertiary/aromatic N) is 2. The number of sulfonamides is 1. The summed E-state index contributed by atoms with van der Waals surface area (Å²) in [5.74, 6) is 0.152. The number of hydrogen-bond donors (Lipinski definition) is 0. The molecule has 4 nitrogen and oxygen atoms in total. The van der Waals surface area contributed by atoms with E-state index in [1.807, 2.05) is 19.1 Å². The van der Waals surface area contributed by atoms with Gasteiger partial charge in [0.2, 0.25) is 0 Å². The number of piperidine rings is 1. The maximum absolute atomic E-state index is 13.6. The van der Waals surface area contributed by atoms with Gasteiger partial charge in [0.15, 0.2) is 0 Å². The van der Waals surface area contributed by atoms with Crippen LogP contribution in [0.5, 0.6) is 0 Å². The molecule has 1 fully saturated rings. The predicted molar refractivity (Wildman–Crippen MR) is 106 cm³/mol. The second kappa shape index (κ2) is 6.41. The lowest BCUT2D eigenvalue weighted by Crippen LogP contribution is -2.47. The van der Waals surface area contributed by atoms with E-state index in [0.29, 0.717) is 0 Å². The summed E-state index contributed by atoms with van der Waals surface area (Å²) in [5.41, 5.74) is 2.97. The van der Waals surface area contributed by atoms with E-state index in [4.69, 9.17) is 23.2 Å². The molecule has 0 radical (unpaired) electrons. The van der Waals surface area contributed by atoms with E-state index in [1.165, 1.54) is 0 Å². The highest BCUT2D eigenvalue weighted by Gasteiger charge is 2.47. The van der Waals surface area contributed by atoms with Crippen LogP contribution in [0.4, 0.5) is 5.69 Å². The number of benzene rings is 2. The first-order chi connectivity index (χ1) is 12.3. The van der Waals surface area contributed by atoms with Crippen LogP contribution in [0.15, 0.2) is 41.3 Å². The normalized spacial score (nSPS) is 23.0. The Morgan fingerprint density at radius 3 is 2.50 bits per heavy atom. The molecule has 0 aromatic heterocycles. The van der Waals surface area contributed by atoms with Gasteiger partial charge in [0.25, 0.3) is 10.0 Å². The molecule has 2 aromatic rings. The highest BCUT2D eigenvalue weighted by atomic mass is 35.5. The molecule has 0 bridgehead atoms. The number of halogens is 2. The Morgan fingerprint density at radius 2 is 1.81 bits per heavy atom. The number of fused-ring (bicyclic) bond motifs is 3. The fourth-order valence-corrected chi connectivity index (χ4v) is 7.02. The third-order valence-electron chi connectivity index (χ3n) is 5.34. The third-order valence-corrected chi connectivity index (χ3v) is 8.13. The molecule has 0 spiro atoms. The molecule has 26 heavy (non-hydrogen) atoms. The first-order valence-electron chi connectivity index (χ1n) is 8.58. The molecule has 2 atom stereocenters. The van der Waals surface area contributed by atoms with Gasteiger partial charge in [-0.25, -0.2) is 8.42 Å². The Bertz CT molecular complexity index is 957. The lowest BCUT2D eigenvalue weighted by molar-refractivity contribution is 0.237. The maximum atomic E-state index is 13.6. The fraction of sp³-hybridized carbons (Fsp3) is 0.368. The van der Waals surface area contributed by atoms with Crippen molar-refractivity contribution >= 4 is 38.9 Å². The first-order valence-corrected chi connectivity index (χ1v) is 10.8. The van der Waals surface area contributed by atoms with E-state index in [9.17, 15) is 8.42 Å². The van der Waals surface area contributed by atoms with Gasteiger partial charge >= 0.3 is 0 Å². The van der Waals surface area contributed by atoms with Crippen LogP contribution in [0.2, 0.25) is 10.0 Å². The van der Waals surface area contributed by atoms with Gasteiger partial charge in [0, 0.05) is 12.5 Å². The molecule has 2 aliphatic rings. The van der Waals surface area contributed by atoms with Crippen molar-refractivity contribution in [2.45, 2.75) is 30.2 Å². The van der Waals surface area contributed by atoms with E-state index in [2.05, 4.69) is 18.0 Å². The van der Waals surface area contributed by atoms with Crippen LogP contribution in [0.3, 0.4) is 0 Å². The van der Waals surface area contributed by atoms with E-state index < -0.39 is 10.0 Å². The summed E-state index contributed by atoms with van der Waals surface area (Å²) in [6.45, 7) is 3.73. The van der Waals surface area contributed by atoms with Crippen molar-refractivity contribution in [3.63, 3.8) is 0 Å². The molecule has 7 heteroatoms. The number of likely N-dealkylation sites (tertiary alicyclic amines) is 1. The Balaban J connectivity index is 1.91. The van der Waals surface area contributed by atoms with Crippen molar-refractivity contribution in [3.8, 4) is 0 Å². The molecule has 0 unspecified atom stereocenters. The summed E-state index contributed by atoms with van der Waals surface area (Å²) >= 11 is 12.5. The van der Waals surface area contributed by atoms with Crippen LogP contribution >= 0.6 is 23.2 Å². The number of likely N-dealkylation sites (N-methyl/N-ethyl adjacent to an activating group) is 1. The summed E-state index contributed by atoms with van der Waals surface area (Å²) < 4.78 is 28.8. The summed E-state index contributed by atoms with van der Waals surface area (Å²) in [6.07, 6.45) is 0.774. The van der Waals surface area contributed by atoms with Crippen molar-refractivity contribution in [2.24, 2.45) is 0 Å². The SMILES string of the molecule is Cc1ccc2c(c1)[C@H]1CN(C)CC[C@@H]1N2S(=O)(=O)c1c(Cl)cccc1Cl. The third kappa shape index (κ3) is 2.73. The van der Waals surface area contributed by atoms with Crippen molar-refractivity contribution in [1.82, 2.24) is 4.90 Å². The van der Waals surface area contributed by atoms with Crippen LogP contribution in [-0.2, 0) is 10.0 Å². The minimum Gasteiger partial charge on any atom is -0.306 e. The van der Waals surface area contributed by atoms with Gasteiger partial charge in [-0.05, 0) is 50.7 Å². The lowest BCUT2D eigenvalue weighted by Gasteiger charge is -2.36. The Labute approximate surface area is 164 Å². The highest BCUT2D eigenvalue weighted by molar-refractivity contribution is 7.93. The number of aryl methyl sites for hydroxylation is 1. The van der Waals surface area contributed by atoms with Gasteiger partial charge in [-0.2, -0.15) is 0 Å². The smallest absolute Gasteiger partial charge is 0.267 e. The molecule has 0 saturated carbocycles. The maximum Gasteiger partial charge on any atom is 0.267 e. The molecule has 0 amide bonds. The van der Waals surface area contributed by atoms with Crippen molar-refractivity contribution in [3.05, 3.63) is 57.6 Å². The molecule has 0 N–H and O–H groups in total. The van der Waals surface area contributed by atoms with E-state index in [-0.39, 0.29) is 26.9 Å². The summed E-state index contributed by atoms with van der Waals surface area (Å²) in [4.78, 5) is 2.25. The number of hydrogen-bond acceptors (Lipinski definition) is 3. The molecule has 138 valence electrons. The molecule has 2 aliphatic heterocycles. The van der Waals surface area contributed by atoms with Crippen LogP contribution < -0.4 is 4.31 Å². The van der Waals surface area contributed by atoms with E-state index in [0.717, 1.165) is 36.3 Å². The molecule has 1 saturated heterocycles. The van der Waals surface area contributed by atoms with Gasteiger partial charge in [-0.1, -0.05) is 47.0 Å². The molecule has 0 aliphatic carbocycles. The average Bonchev–Trinajstić information content (AvgIpc) is 2.88. The zero-order valence-electron chi connectivity index (χ0n) is 14.6. The number of rotatable bonds is 2. The van der Waals surface area contributed by atoms with Gasteiger partial charge in [0.05, 0.1) is 21.8 Å². The van der Waals surface area contributed by atoms with Crippen LogP contribution in [0.25, 0.3) is 0 Å². The van der Waals surface area contributed by atoms with E-state index >= 15 is 0 Å². The molecule has 2 aromatic carbocycles. The standard InChI is InChI=1S/C19H20Cl2N2O2S/c1-12-6-7-17-13(10-12)14-11-22(2)9-8-18(14)23(17)26(24,25)19-15(20)4-3-5-16(19)21/h3-7,10,14,18H,8-9,11H2,1-2H3/t14-,18+/m1/s1. The second-order valence-corrected chi connectivity index (χ2v) is 9.70. The fourth-order valence-electron chi connectivity index (χ4n) is 4.17. The zero-order chi connectivity index (χ0) is 18.6.